The maximum Gasteiger partial charge on any atom is 0.240 e. The van der Waals surface area contributed by atoms with Gasteiger partial charge < -0.3 is 15.1 Å². The first-order valence-electron chi connectivity index (χ1n) is 12.1. The second-order valence-corrected chi connectivity index (χ2v) is 9.22. The summed E-state index contributed by atoms with van der Waals surface area (Å²) in [5.41, 5.74) is 0.969. The third-order valence-electron chi connectivity index (χ3n) is 6.32. The quantitative estimate of drug-likeness (QED) is 0.796. The van der Waals surface area contributed by atoms with Crippen LogP contribution in [-0.4, -0.2) is 88.5 Å². The molecule has 4 heterocycles. The Morgan fingerprint density at radius 3 is 2.77 bits per heavy atom. The van der Waals surface area contributed by atoms with Gasteiger partial charge in [-0.15, -0.1) is 11.8 Å². The normalized spacial score (nSPS) is 27.1. The Labute approximate surface area is 186 Å². The summed E-state index contributed by atoms with van der Waals surface area (Å²) in [6, 6.07) is 11.7. The molecular formula is C22H30N6OS. The van der Waals surface area contributed by atoms with Gasteiger partial charge in [-0.1, -0.05) is 18.2 Å². The number of hydrogen-bond donors (Lipinski definition) is 1. The topological polar surface area (TPSA) is 56.6 Å². The largest absolute Gasteiger partial charge is 0.354 e. The predicted molar refractivity (Wildman–Crippen MR) is 121 cm³/mol. The zero-order valence-corrected chi connectivity index (χ0v) is 17.9. The Balaban J connectivity index is 1.25. The van der Waals surface area contributed by atoms with Crippen LogP contribution in [0.15, 0.2) is 36.4 Å². The molecule has 0 spiro atoms. The summed E-state index contributed by atoms with van der Waals surface area (Å²) in [4.78, 5) is 19.4. The molecule has 30 heavy (non-hydrogen) atoms. The molecule has 3 fully saturated rings. The van der Waals surface area contributed by atoms with Gasteiger partial charge in [0.15, 0.2) is 0 Å². The highest BCUT2D eigenvalue weighted by Gasteiger charge is 2.36. The molecule has 5 rings (SSSR count). The summed E-state index contributed by atoms with van der Waals surface area (Å²) in [5.74, 6) is 2.90. The smallest absolute Gasteiger partial charge is 0.240 e. The van der Waals surface area contributed by atoms with Crippen LogP contribution in [0.4, 0.5) is 5.82 Å². The SMILES string of the molecule is [2H]C([2H])([2H])c1cc(N2CCN(C3CNC(C(=O)N4CCSC4)C3)CC2)n(-c2ccccc2)n1. The van der Waals surface area contributed by atoms with Crippen molar-refractivity contribution < 1.29 is 8.91 Å². The number of rotatable bonds is 4. The number of aryl methyl sites for hydroxylation is 1. The fraction of sp³-hybridized carbons (Fsp3) is 0.545. The molecule has 0 saturated carbocycles. The van der Waals surface area contributed by atoms with Gasteiger partial charge in [-0.2, -0.15) is 5.10 Å². The molecule has 2 aromatic rings. The molecule has 1 aromatic carbocycles. The molecule has 3 aliphatic rings. The van der Waals surface area contributed by atoms with E-state index in [9.17, 15) is 4.79 Å². The number of piperazine rings is 1. The highest BCUT2D eigenvalue weighted by molar-refractivity contribution is 7.99. The maximum absolute atomic E-state index is 12.7. The number of benzene rings is 1. The summed E-state index contributed by atoms with van der Waals surface area (Å²) < 4.78 is 25.2. The van der Waals surface area contributed by atoms with Gasteiger partial charge >= 0.3 is 0 Å². The first-order chi connectivity index (χ1) is 15.9. The van der Waals surface area contributed by atoms with Crippen LogP contribution in [0.5, 0.6) is 0 Å². The van der Waals surface area contributed by atoms with E-state index >= 15 is 0 Å². The number of aromatic nitrogens is 2. The molecule has 1 aromatic heterocycles. The summed E-state index contributed by atoms with van der Waals surface area (Å²) in [6.07, 6.45) is 0.852. The molecule has 1 amide bonds. The second kappa shape index (κ2) is 8.61. The monoisotopic (exact) mass is 429 g/mol. The molecule has 0 radical (unpaired) electrons. The molecule has 2 atom stereocenters. The van der Waals surface area contributed by atoms with Crippen LogP contribution in [0.2, 0.25) is 0 Å². The number of carbonyl (C=O) groups excluding carboxylic acids is 1. The number of thioether (sulfide) groups is 1. The third kappa shape index (κ3) is 3.96. The van der Waals surface area contributed by atoms with E-state index in [0.29, 0.717) is 6.04 Å². The van der Waals surface area contributed by atoms with E-state index in [4.69, 9.17) is 4.11 Å². The maximum atomic E-state index is 12.7. The Bertz CT molecular complexity index is 970. The number of nitrogens with zero attached hydrogens (tertiary/aromatic N) is 5. The lowest BCUT2D eigenvalue weighted by molar-refractivity contribution is -0.131. The van der Waals surface area contributed by atoms with E-state index in [1.165, 1.54) is 0 Å². The minimum absolute atomic E-state index is 0.0758. The van der Waals surface area contributed by atoms with Gasteiger partial charge in [0.1, 0.15) is 5.82 Å². The van der Waals surface area contributed by atoms with Crippen LogP contribution < -0.4 is 10.2 Å². The van der Waals surface area contributed by atoms with E-state index in [-0.39, 0.29) is 17.6 Å². The van der Waals surface area contributed by atoms with Crippen molar-refractivity contribution in [1.29, 1.82) is 0 Å². The van der Waals surface area contributed by atoms with Gasteiger partial charge in [0.2, 0.25) is 5.91 Å². The molecule has 160 valence electrons. The van der Waals surface area contributed by atoms with Crippen LogP contribution >= 0.6 is 11.8 Å². The van der Waals surface area contributed by atoms with Crippen molar-refractivity contribution in [1.82, 2.24) is 24.9 Å². The van der Waals surface area contributed by atoms with Crippen LogP contribution in [0.1, 0.15) is 16.2 Å². The first-order valence-corrected chi connectivity index (χ1v) is 11.8. The van der Waals surface area contributed by atoms with Crippen LogP contribution in [0.3, 0.4) is 0 Å². The zero-order chi connectivity index (χ0) is 23.0. The van der Waals surface area contributed by atoms with Gasteiger partial charge in [0.25, 0.3) is 0 Å². The van der Waals surface area contributed by atoms with E-state index in [2.05, 4.69) is 20.2 Å². The molecule has 1 N–H and O–H groups in total. The molecule has 0 aliphatic carbocycles. The number of hydrogen-bond acceptors (Lipinski definition) is 6. The van der Waals surface area contributed by atoms with E-state index in [0.717, 1.165) is 68.8 Å². The average molecular weight is 430 g/mol. The summed E-state index contributed by atoms with van der Waals surface area (Å²) in [7, 11) is 0. The Kier molecular flexibility index (Phi) is 4.77. The molecular weight excluding hydrogens is 396 g/mol. The van der Waals surface area contributed by atoms with Crippen molar-refractivity contribution in [3.05, 3.63) is 42.1 Å². The summed E-state index contributed by atoms with van der Waals surface area (Å²) in [5, 5.41) is 7.88. The lowest BCUT2D eigenvalue weighted by Gasteiger charge is -2.38. The highest BCUT2D eigenvalue weighted by Crippen LogP contribution is 2.25. The third-order valence-corrected chi connectivity index (χ3v) is 7.28. The zero-order valence-electron chi connectivity index (χ0n) is 20.0. The molecule has 7 nitrogen and oxygen atoms in total. The fourth-order valence-corrected chi connectivity index (χ4v) is 5.62. The van der Waals surface area contributed by atoms with Crippen LogP contribution in [0, 0.1) is 6.85 Å². The number of anilines is 1. The summed E-state index contributed by atoms with van der Waals surface area (Å²) in [6.45, 7) is 2.77. The highest BCUT2D eigenvalue weighted by atomic mass is 32.2. The molecule has 3 aliphatic heterocycles. The molecule has 2 unspecified atom stereocenters. The number of para-hydroxylation sites is 1. The van der Waals surface area contributed by atoms with Crippen molar-refractivity contribution in [2.75, 3.05) is 55.8 Å². The lowest BCUT2D eigenvalue weighted by Crippen LogP contribution is -2.51. The van der Waals surface area contributed by atoms with E-state index in [1.54, 1.807) is 10.7 Å². The number of nitrogens with one attached hydrogen (secondary N) is 1. The van der Waals surface area contributed by atoms with Gasteiger partial charge in [-0.25, -0.2) is 4.68 Å². The van der Waals surface area contributed by atoms with Crippen molar-refractivity contribution in [2.45, 2.75) is 25.4 Å². The van der Waals surface area contributed by atoms with Gasteiger partial charge in [0, 0.05) is 61.2 Å². The molecule has 8 heteroatoms. The van der Waals surface area contributed by atoms with Crippen molar-refractivity contribution in [2.24, 2.45) is 0 Å². The lowest BCUT2D eigenvalue weighted by atomic mass is 10.1. The fourth-order valence-electron chi connectivity index (χ4n) is 4.66. The van der Waals surface area contributed by atoms with E-state index < -0.39 is 6.85 Å². The first kappa shape index (κ1) is 16.6. The van der Waals surface area contributed by atoms with Gasteiger partial charge in [-0.3, -0.25) is 9.69 Å². The minimum Gasteiger partial charge on any atom is -0.354 e. The van der Waals surface area contributed by atoms with Crippen LogP contribution in [0.25, 0.3) is 5.69 Å². The minimum atomic E-state index is -2.25. The average Bonchev–Trinajstić information content (AvgIpc) is 3.60. The van der Waals surface area contributed by atoms with E-state index in [1.807, 2.05) is 47.0 Å². The Morgan fingerprint density at radius 1 is 1.20 bits per heavy atom. The van der Waals surface area contributed by atoms with Gasteiger partial charge in [0.05, 0.1) is 23.3 Å². The number of carbonyl (C=O) groups is 1. The van der Waals surface area contributed by atoms with Crippen LogP contribution in [-0.2, 0) is 4.79 Å². The second-order valence-electron chi connectivity index (χ2n) is 8.15. The Morgan fingerprint density at radius 2 is 2.03 bits per heavy atom. The van der Waals surface area contributed by atoms with Crippen molar-refractivity contribution in [3.63, 3.8) is 0 Å². The number of amides is 1. The Hall–Kier alpha value is -2.03. The standard InChI is InChI=1S/C22H30N6OS/c1-17-13-21(28(24-17)18-5-3-2-4-6-18)26-9-7-25(8-10-26)19-14-20(23-15-19)22(29)27-11-12-30-16-27/h2-6,13,19-20,23H,7-12,14-16H2,1H3/i1D3. The summed E-state index contributed by atoms with van der Waals surface area (Å²) >= 11 is 1.82. The molecule has 3 saturated heterocycles. The predicted octanol–water partition coefficient (Wildman–Crippen LogP) is 1.57. The van der Waals surface area contributed by atoms with Crippen molar-refractivity contribution in [3.8, 4) is 5.69 Å². The van der Waals surface area contributed by atoms with Gasteiger partial charge in [-0.05, 0) is 25.4 Å². The molecule has 0 bridgehead atoms. The van der Waals surface area contributed by atoms with Crippen molar-refractivity contribution >= 4 is 23.5 Å².